The van der Waals surface area contributed by atoms with Crippen LogP contribution in [0, 0.1) is 20.8 Å². The Balaban J connectivity index is 1.53. The summed E-state index contributed by atoms with van der Waals surface area (Å²) >= 11 is 0. The summed E-state index contributed by atoms with van der Waals surface area (Å²) in [7, 11) is 0. The minimum Gasteiger partial charge on any atom is -0.484 e. The number of nitrogens with zero attached hydrogens (tertiary/aromatic N) is 2. The Morgan fingerprint density at radius 1 is 0.933 bits per heavy atom. The van der Waals surface area contributed by atoms with Crippen LogP contribution in [0.2, 0.25) is 0 Å². The quantitative estimate of drug-likeness (QED) is 0.786. The number of hydrogen-bond acceptors (Lipinski definition) is 4. The van der Waals surface area contributed by atoms with Crippen molar-refractivity contribution < 1.29 is 9.84 Å². The van der Waals surface area contributed by atoms with Crippen LogP contribution in [0.1, 0.15) is 48.1 Å². The van der Waals surface area contributed by atoms with Crippen molar-refractivity contribution >= 4 is 11.4 Å². The molecule has 0 aliphatic carbocycles. The first-order valence-corrected chi connectivity index (χ1v) is 11.4. The summed E-state index contributed by atoms with van der Waals surface area (Å²) in [5, 5.41) is 9.81. The predicted octanol–water partition coefficient (Wildman–Crippen LogP) is 4.58. The molecule has 2 aliphatic rings. The number of fused-ring (bicyclic) bond motifs is 1. The number of ether oxygens (including phenoxy) is 1. The zero-order chi connectivity index (χ0) is 21.5. The first-order valence-electron chi connectivity index (χ1n) is 11.4. The van der Waals surface area contributed by atoms with E-state index in [0.29, 0.717) is 0 Å². The summed E-state index contributed by atoms with van der Waals surface area (Å²) in [6, 6.07) is 9.12. The van der Waals surface area contributed by atoms with Gasteiger partial charge in [-0.15, -0.1) is 0 Å². The molecule has 2 aliphatic heterocycles. The van der Waals surface area contributed by atoms with E-state index in [1.165, 1.54) is 45.6 Å². The van der Waals surface area contributed by atoms with Gasteiger partial charge < -0.3 is 19.6 Å². The lowest BCUT2D eigenvalue weighted by molar-refractivity contribution is 0.0442. The van der Waals surface area contributed by atoms with Crippen molar-refractivity contribution in [3.05, 3.63) is 52.1 Å². The molecule has 162 valence electrons. The molecule has 1 unspecified atom stereocenters. The van der Waals surface area contributed by atoms with Crippen molar-refractivity contribution in [2.75, 3.05) is 42.6 Å². The second-order valence-corrected chi connectivity index (χ2v) is 9.31. The minimum absolute atomic E-state index is 0.0463. The van der Waals surface area contributed by atoms with Crippen LogP contribution in [0.4, 0.5) is 11.4 Å². The highest BCUT2D eigenvalue weighted by atomic mass is 16.5. The Labute approximate surface area is 181 Å². The lowest BCUT2D eigenvalue weighted by Gasteiger charge is -2.39. The van der Waals surface area contributed by atoms with Gasteiger partial charge in [0.05, 0.1) is 6.61 Å². The zero-order valence-electron chi connectivity index (χ0n) is 19.2. The summed E-state index contributed by atoms with van der Waals surface area (Å²) in [6.45, 7) is 15.0. The molecule has 0 spiro atoms. The van der Waals surface area contributed by atoms with Gasteiger partial charge in [-0.1, -0.05) is 25.5 Å². The van der Waals surface area contributed by atoms with Gasteiger partial charge >= 0.3 is 0 Å². The topological polar surface area (TPSA) is 35.9 Å². The standard InChI is InChI=1S/C26H36N2O2/c1-6-7-21-8-10-22(11-9-21)27-12-14-28(15-13-27)24-18(2)19(3)25-23(20(24)4)16-26(5,17-29)30-25/h8-11,29H,6-7,12-17H2,1-5H3. The van der Waals surface area contributed by atoms with Crippen LogP contribution in [0.25, 0.3) is 0 Å². The smallest absolute Gasteiger partial charge is 0.133 e. The van der Waals surface area contributed by atoms with Crippen LogP contribution in [-0.4, -0.2) is 43.5 Å². The van der Waals surface area contributed by atoms with Crippen molar-refractivity contribution in [1.29, 1.82) is 0 Å². The fourth-order valence-corrected chi connectivity index (χ4v) is 5.09. The molecule has 0 amide bonds. The Hall–Kier alpha value is -2.20. The molecule has 0 bridgehead atoms. The highest BCUT2D eigenvalue weighted by Crippen LogP contribution is 2.45. The van der Waals surface area contributed by atoms with E-state index in [0.717, 1.165) is 44.8 Å². The van der Waals surface area contributed by atoms with E-state index < -0.39 is 5.60 Å². The van der Waals surface area contributed by atoms with E-state index in [-0.39, 0.29) is 6.61 Å². The molecule has 2 heterocycles. The number of benzene rings is 2. The molecule has 0 saturated carbocycles. The van der Waals surface area contributed by atoms with Crippen LogP contribution >= 0.6 is 0 Å². The number of piperazine rings is 1. The van der Waals surface area contributed by atoms with Gasteiger partial charge in [0.15, 0.2) is 0 Å². The first kappa shape index (κ1) is 21.0. The molecule has 2 aromatic rings. The molecule has 30 heavy (non-hydrogen) atoms. The molecular weight excluding hydrogens is 372 g/mol. The molecule has 1 saturated heterocycles. The summed E-state index contributed by atoms with van der Waals surface area (Å²) in [5.41, 5.74) is 8.77. The van der Waals surface area contributed by atoms with E-state index in [1.807, 2.05) is 6.92 Å². The van der Waals surface area contributed by atoms with E-state index in [1.54, 1.807) is 0 Å². The van der Waals surface area contributed by atoms with Crippen molar-refractivity contribution in [1.82, 2.24) is 0 Å². The highest BCUT2D eigenvalue weighted by Gasteiger charge is 2.38. The first-order chi connectivity index (χ1) is 14.4. The molecule has 1 atom stereocenters. The molecule has 1 fully saturated rings. The van der Waals surface area contributed by atoms with Crippen molar-refractivity contribution in [2.24, 2.45) is 0 Å². The second kappa shape index (κ2) is 8.14. The maximum absolute atomic E-state index is 9.81. The fourth-order valence-electron chi connectivity index (χ4n) is 5.09. The molecular formula is C26H36N2O2. The van der Waals surface area contributed by atoms with E-state index in [4.69, 9.17) is 4.74 Å². The van der Waals surface area contributed by atoms with Gasteiger partial charge in [0.1, 0.15) is 11.4 Å². The molecule has 0 aromatic heterocycles. The van der Waals surface area contributed by atoms with Gasteiger partial charge in [-0.05, 0) is 68.5 Å². The highest BCUT2D eigenvalue weighted by molar-refractivity contribution is 5.70. The molecule has 2 aromatic carbocycles. The largest absolute Gasteiger partial charge is 0.484 e. The van der Waals surface area contributed by atoms with E-state index >= 15 is 0 Å². The Kier molecular flexibility index (Phi) is 5.71. The van der Waals surface area contributed by atoms with Crippen LogP contribution in [-0.2, 0) is 12.8 Å². The van der Waals surface area contributed by atoms with E-state index in [2.05, 4.69) is 61.8 Å². The lowest BCUT2D eigenvalue weighted by atomic mass is 9.91. The third-order valence-electron chi connectivity index (χ3n) is 7.01. The van der Waals surface area contributed by atoms with Crippen molar-refractivity contribution in [2.45, 2.75) is 59.5 Å². The zero-order valence-corrected chi connectivity index (χ0v) is 19.2. The predicted molar refractivity (Wildman–Crippen MR) is 125 cm³/mol. The summed E-state index contributed by atoms with van der Waals surface area (Å²) < 4.78 is 6.20. The lowest BCUT2D eigenvalue weighted by Crippen LogP contribution is -2.47. The molecule has 4 nitrogen and oxygen atoms in total. The van der Waals surface area contributed by atoms with Gasteiger partial charge in [0, 0.05) is 49.5 Å². The number of aliphatic hydroxyl groups is 1. The summed E-state index contributed by atoms with van der Waals surface area (Å²) in [6.07, 6.45) is 3.13. The van der Waals surface area contributed by atoms with Crippen LogP contribution in [0.5, 0.6) is 5.75 Å². The van der Waals surface area contributed by atoms with Gasteiger partial charge in [0.25, 0.3) is 0 Å². The molecule has 4 rings (SSSR count). The average Bonchev–Trinajstić information content (AvgIpc) is 3.13. The minimum atomic E-state index is -0.494. The average molecular weight is 409 g/mol. The van der Waals surface area contributed by atoms with Gasteiger partial charge in [0.2, 0.25) is 0 Å². The van der Waals surface area contributed by atoms with Crippen LogP contribution in [0.3, 0.4) is 0 Å². The Bertz CT molecular complexity index is 914. The number of hydrogen-bond donors (Lipinski definition) is 1. The fraction of sp³-hybridized carbons (Fsp3) is 0.538. The molecule has 4 heteroatoms. The summed E-state index contributed by atoms with van der Waals surface area (Å²) in [5.74, 6) is 0.996. The van der Waals surface area contributed by atoms with Crippen molar-refractivity contribution in [3.8, 4) is 5.75 Å². The molecule has 1 N–H and O–H groups in total. The number of rotatable bonds is 5. The van der Waals surface area contributed by atoms with Gasteiger partial charge in [-0.25, -0.2) is 0 Å². The Morgan fingerprint density at radius 2 is 1.57 bits per heavy atom. The van der Waals surface area contributed by atoms with Crippen molar-refractivity contribution in [3.63, 3.8) is 0 Å². The Morgan fingerprint density at radius 3 is 2.17 bits per heavy atom. The van der Waals surface area contributed by atoms with Gasteiger partial charge in [-0.2, -0.15) is 0 Å². The third kappa shape index (κ3) is 3.66. The number of aryl methyl sites for hydroxylation is 1. The normalized spacial score (nSPS) is 21.0. The number of aliphatic hydroxyl groups excluding tert-OH is 1. The van der Waals surface area contributed by atoms with Gasteiger partial charge in [-0.3, -0.25) is 0 Å². The monoisotopic (exact) mass is 408 g/mol. The number of anilines is 2. The summed E-state index contributed by atoms with van der Waals surface area (Å²) in [4.78, 5) is 5.05. The van der Waals surface area contributed by atoms with Crippen LogP contribution in [0.15, 0.2) is 24.3 Å². The third-order valence-corrected chi connectivity index (χ3v) is 7.01. The van der Waals surface area contributed by atoms with Crippen LogP contribution < -0.4 is 14.5 Å². The molecule has 0 radical (unpaired) electrons. The van der Waals surface area contributed by atoms with E-state index in [9.17, 15) is 5.11 Å². The second-order valence-electron chi connectivity index (χ2n) is 9.31. The maximum Gasteiger partial charge on any atom is 0.133 e. The maximum atomic E-state index is 9.81. The SMILES string of the molecule is CCCc1ccc(N2CCN(c3c(C)c(C)c4c(c3C)CC(C)(CO)O4)CC2)cc1.